The molecule has 0 aliphatic rings. The minimum atomic E-state index is -1.76. The number of carbonyl (C=O) groups is 3. The van der Waals surface area contributed by atoms with Crippen LogP contribution in [-0.2, 0) is 0 Å². The van der Waals surface area contributed by atoms with E-state index in [9.17, 15) is 24.6 Å². The van der Waals surface area contributed by atoms with Gasteiger partial charge in [0, 0.05) is 11.1 Å². The fourth-order valence-electron chi connectivity index (χ4n) is 1.67. The van der Waals surface area contributed by atoms with E-state index in [2.05, 4.69) is 9.97 Å². The predicted octanol–water partition coefficient (Wildman–Crippen LogP) is -1.88. The monoisotopic (exact) mass is 362 g/mol. The molecule has 0 radical (unpaired) electrons. The van der Waals surface area contributed by atoms with E-state index >= 15 is 0 Å². The first-order chi connectivity index (χ1) is 9.41. The van der Waals surface area contributed by atoms with Gasteiger partial charge in [0.05, 0.1) is 17.6 Å². The molecule has 2 N–H and O–H groups in total. The first-order valence-electron chi connectivity index (χ1n) is 5.27. The van der Waals surface area contributed by atoms with Gasteiger partial charge in [-0.1, -0.05) is 24.3 Å². The van der Waals surface area contributed by atoms with Gasteiger partial charge in [-0.05, 0) is 0 Å². The Morgan fingerprint density at radius 3 is 2.19 bits per heavy atom. The average Bonchev–Trinajstić information content (AvgIpc) is 2.83. The molecule has 21 heavy (non-hydrogen) atoms. The molecule has 0 saturated heterocycles. The van der Waals surface area contributed by atoms with Crippen LogP contribution >= 0.6 is 0 Å². The summed E-state index contributed by atoms with van der Waals surface area (Å²) < 4.78 is 0. The molecule has 0 bridgehead atoms. The number of H-pyrrole nitrogens is 1. The zero-order chi connectivity index (χ0) is 14.9. The molecule has 0 spiro atoms. The molecule has 0 aliphatic heterocycles. The number of aromatic carboxylic acids is 3. The zero-order valence-electron chi connectivity index (χ0n) is 10.5. The maximum Gasteiger partial charge on any atom is 2.00 e. The van der Waals surface area contributed by atoms with E-state index < -0.39 is 29.3 Å². The summed E-state index contributed by atoms with van der Waals surface area (Å²) >= 11 is 0. The van der Waals surface area contributed by atoms with Crippen molar-refractivity contribution in [1.82, 2.24) is 9.97 Å². The summed E-state index contributed by atoms with van der Waals surface area (Å²) in [6, 6.07) is 5.50. The molecule has 0 aliphatic carbocycles. The second-order valence-corrected chi connectivity index (χ2v) is 3.73. The van der Waals surface area contributed by atoms with Crippen LogP contribution in [0.2, 0.25) is 0 Å². The number of aromatic nitrogens is 2. The van der Waals surface area contributed by atoms with Gasteiger partial charge < -0.3 is 29.9 Å². The summed E-state index contributed by atoms with van der Waals surface area (Å²) in [4.78, 5) is 38.5. The number of nitrogens with one attached hydrogen (secondary N) is 1. The summed E-state index contributed by atoms with van der Waals surface area (Å²) in [6.45, 7) is 0. The Morgan fingerprint density at radius 1 is 1.10 bits per heavy atom. The van der Waals surface area contributed by atoms with Gasteiger partial charge in [-0.25, -0.2) is 9.78 Å². The molecular weight excluding hydrogens is 356 g/mol. The molecule has 2 rings (SSSR count). The van der Waals surface area contributed by atoms with Gasteiger partial charge in [-0.15, -0.1) is 0 Å². The molecule has 1 heterocycles. The molecule has 2 aromatic rings. The van der Waals surface area contributed by atoms with Crippen LogP contribution in [0.1, 0.15) is 31.3 Å². The first kappa shape index (κ1) is 17.4. The number of aromatic amines is 1. The van der Waals surface area contributed by atoms with Gasteiger partial charge in [0.25, 0.3) is 0 Å². The van der Waals surface area contributed by atoms with Gasteiger partial charge in [0.2, 0.25) is 0 Å². The maximum absolute atomic E-state index is 11.0. The molecule has 9 heteroatoms. The van der Waals surface area contributed by atoms with Crippen LogP contribution in [-0.4, -0.2) is 78.5 Å². The summed E-state index contributed by atoms with van der Waals surface area (Å²) in [6.07, 6.45) is 0. The number of imidazole rings is 1. The Hall–Kier alpha value is -1.68. The fraction of sp³-hybridized carbons (Fsp3) is 0. The summed E-state index contributed by atoms with van der Waals surface area (Å²) in [5.74, 6) is -5.03. The van der Waals surface area contributed by atoms with Crippen LogP contribution in [0, 0.1) is 0 Å². The van der Waals surface area contributed by atoms with Crippen molar-refractivity contribution in [2.75, 3.05) is 0 Å². The van der Waals surface area contributed by atoms with Crippen LogP contribution in [0.3, 0.4) is 0 Å². The second-order valence-electron chi connectivity index (χ2n) is 3.73. The van der Waals surface area contributed by atoms with E-state index in [1.807, 2.05) is 0 Å². The van der Waals surface area contributed by atoms with Gasteiger partial charge >= 0.3 is 51.5 Å². The Kier molecular flexibility index (Phi) is 5.67. The number of rotatable bonds is 4. The van der Waals surface area contributed by atoms with Crippen molar-refractivity contribution < 1.29 is 29.7 Å². The minimum absolute atomic E-state index is 0. The molecule has 0 saturated carbocycles. The number of carboxylic acid groups (broad SMARTS) is 3. The topological polar surface area (TPSA) is 146 Å². The Morgan fingerprint density at radius 2 is 1.71 bits per heavy atom. The van der Waals surface area contributed by atoms with Crippen LogP contribution in [0.4, 0.5) is 0 Å². The van der Waals surface area contributed by atoms with E-state index in [0.29, 0.717) is 0 Å². The summed E-state index contributed by atoms with van der Waals surface area (Å²) in [5.41, 5.74) is -1.72. The van der Waals surface area contributed by atoms with Crippen molar-refractivity contribution >= 4 is 63.4 Å². The zero-order valence-corrected chi connectivity index (χ0v) is 13.9. The molecular formula is C12H6N2O6Sr. The number of hydrogen-bond donors (Lipinski definition) is 2. The number of benzene rings is 1. The predicted molar refractivity (Wildman–Crippen MR) is 65.4 cm³/mol. The standard InChI is InChI=1S/C12H8N2O6.Sr/c15-10(16)6-4-2-1-3-5(6)9-13-7(11(17)18)8(14-9)12(19)20;/h1-4H,(H,13,14)(H,15,16)(H,17,18)(H,19,20);/q;+2/p-2. The number of carboxylic acids is 3. The third-order valence-corrected chi connectivity index (χ3v) is 2.51. The molecule has 8 nitrogen and oxygen atoms in total. The quantitative estimate of drug-likeness (QED) is 0.606. The van der Waals surface area contributed by atoms with E-state index in [1.54, 1.807) is 0 Å². The van der Waals surface area contributed by atoms with E-state index in [0.717, 1.165) is 0 Å². The molecule has 0 amide bonds. The Bertz CT molecular complexity index is 693. The maximum atomic E-state index is 11.0. The van der Waals surface area contributed by atoms with E-state index in [1.165, 1.54) is 24.3 Å². The van der Waals surface area contributed by atoms with Crippen molar-refractivity contribution in [3.63, 3.8) is 0 Å². The van der Waals surface area contributed by atoms with Crippen molar-refractivity contribution in [2.24, 2.45) is 0 Å². The third kappa shape index (κ3) is 3.50. The van der Waals surface area contributed by atoms with E-state index in [4.69, 9.17) is 5.11 Å². The van der Waals surface area contributed by atoms with E-state index in [-0.39, 0.29) is 62.4 Å². The summed E-state index contributed by atoms with van der Waals surface area (Å²) in [7, 11) is 0. The minimum Gasteiger partial charge on any atom is -0.545 e. The van der Waals surface area contributed by atoms with Crippen molar-refractivity contribution in [3.8, 4) is 11.4 Å². The third-order valence-electron chi connectivity index (χ3n) is 2.51. The molecule has 1 aromatic carbocycles. The van der Waals surface area contributed by atoms with Crippen LogP contribution in [0.5, 0.6) is 0 Å². The van der Waals surface area contributed by atoms with Crippen LogP contribution < -0.4 is 10.2 Å². The molecule has 102 valence electrons. The van der Waals surface area contributed by atoms with Crippen LogP contribution in [0.15, 0.2) is 24.3 Å². The molecule has 0 atom stereocenters. The fourth-order valence-corrected chi connectivity index (χ4v) is 1.67. The first-order valence-corrected chi connectivity index (χ1v) is 5.27. The Labute approximate surface area is 154 Å². The number of nitrogens with zero attached hydrogens (tertiary/aromatic N) is 1. The SMILES string of the molecule is O=C([O-])c1ccccc1-c1nc(C(=O)O)c(C(=O)[O-])[nH]1.[Sr+2]. The second kappa shape index (κ2) is 6.85. The smallest absolute Gasteiger partial charge is 0.545 e. The van der Waals surface area contributed by atoms with Crippen molar-refractivity contribution in [3.05, 3.63) is 41.2 Å². The van der Waals surface area contributed by atoms with Crippen LogP contribution in [0.25, 0.3) is 11.4 Å². The molecule has 0 unspecified atom stereocenters. The summed E-state index contributed by atoms with van der Waals surface area (Å²) in [5, 5.41) is 30.6. The van der Waals surface area contributed by atoms with Gasteiger partial charge in [-0.3, -0.25) is 0 Å². The van der Waals surface area contributed by atoms with Gasteiger partial charge in [-0.2, -0.15) is 0 Å². The average molecular weight is 362 g/mol. The Balaban J connectivity index is 0.00000220. The molecule has 1 aromatic heterocycles. The van der Waals surface area contributed by atoms with Crippen molar-refractivity contribution in [2.45, 2.75) is 0 Å². The largest absolute Gasteiger partial charge is 2.00 e. The molecule has 0 fully saturated rings. The number of carbonyl (C=O) groups excluding carboxylic acids is 2. The van der Waals surface area contributed by atoms with Crippen molar-refractivity contribution in [1.29, 1.82) is 0 Å². The van der Waals surface area contributed by atoms with Gasteiger partial charge in [0.1, 0.15) is 5.82 Å². The number of hydrogen-bond acceptors (Lipinski definition) is 6. The normalized spacial score (nSPS) is 9.71. The van der Waals surface area contributed by atoms with Gasteiger partial charge in [0.15, 0.2) is 5.69 Å².